The first-order valence-corrected chi connectivity index (χ1v) is 8.35. The van der Waals surface area contributed by atoms with E-state index in [1.807, 2.05) is 60.7 Å². The Kier molecular flexibility index (Phi) is 7.08. The molecule has 1 unspecified atom stereocenters. The molecule has 0 bridgehead atoms. The summed E-state index contributed by atoms with van der Waals surface area (Å²) in [5.74, 6) is -0.233. The summed E-state index contributed by atoms with van der Waals surface area (Å²) >= 11 is 0. The van der Waals surface area contributed by atoms with E-state index in [0.29, 0.717) is 12.8 Å². The van der Waals surface area contributed by atoms with Gasteiger partial charge in [-0.05, 0) is 13.3 Å². The summed E-state index contributed by atoms with van der Waals surface area (Å²) in [6.07, 6.45) is 1.07. The van der Waals surface area contributed by atoms with Crippen LogP contribution in [-0.2, 0) is 14.3 Å². The minimum atomic E-state index is -0.322. The number of carbonyl (C=O) groups excluding carboxylic acids is 2. The van der Waals surface area contributed by atoms with E-state index in [2.05, 4.69) is 0 Å². The number of benzene rings is 2. The first-order chi connectivity index (χ1) is 12.1. The van der Waals surface area contributed by atoms with E-state index in [1.165, 1.54) is 7.11 Å². The summed E-state index contributed by atoms with van der Waals surface area (Å²) in [7, 11) is 1.36. The quantitative estimate of drug-likeness (QED) is 0.543. The number of hydrogen-bond acceptors (Lipinski definition) is 4. The summed E-state index contributed by atoms with van der Waals surface area (Å²) < 4.78 is 4.79. The zero-order valence-corrected chi connectivity index (χ0v) is 14.6. The number of ketones is 1. The Hall–Kier alpha value is -2.75. The summed E-state index contributed by atoms with van der Waals surface area (Å²) in [4.78, 5) is 27.9. The fraction of sp³-hybridized carbons (Fsp3) is 0.286. The molecule has 0 aliphatic heterocycles. The SMILES string of the molecule is COC(=O)CC(CCC(C)=O)N=C(c1ccccc1)c1ccccc1. The van der Waals surface area contributed by atoms with Crippen molar-refractivity contribution < 1.29 is 14.3 Å². The van der Waals surface area contributed by atoms with Crippen molar-refractivity contribution in [1.82, 2.24) is 0 Å². The minimum absolute atomic E-state index is 0.0889. The van der Waals surface area contributed by atoms with Crippen molar-refractivity contribution in [3.05, 3.63) is 71.8 Å². The molecule has 0 heterocycles. The molecule has 0 aromatic heterocycles. The first kappa shape index (κ1) is 18.6. The molecular weight excluding hydrogens is 314 g/mol. The van der Waals surface area contributed by atoms with Gasteiger partial charge in [0.2, 0.25) is 0 Å². The van der Waals surface area contributed by atoms with Crippen LogP contribution in [0.15, 0.2) is 65.7 Å². The highest BCUT2D eigenvalue weighted by atomic mass is 16.5. The lowest BCUT2D eigenvalue weighted by Gasteiger charge is -2.15. The molecule has 2 aromatic rings. The van der Waals surface area contributed by atoms with Crippen molar-refractivity contribution in [2.45, 2.75) is 32.2 Å². The van der Waals surface area contributed by atoms with Gasteiger partial charge in [0, 0.05) is 17.5 Å². The number of ether oxygens (including phenoxy) is 1. The summed E-state index contributed by atoms with van der Waals surface area (Å²) in [5.41, 5.74) is 2.77. The molecule has 0 aliphatic rings. The second kappa shape index (κ2) is 9.52. The topological polar surface area (TPSA) is 55.7 Å². The Morgan fingerprint density at radius 2 is 1.48 bits per heavy atom. The molecule has 0 saturated heterocycles. The number of hydrogen-bond donors (Lipinski definition) is 0. The molecule has 25 heavy (non-hydrogen) atoms. The number of nitrogens with zero attached hydrogens (tertiary/aromatic N) is 1. The van der Waals surface area contributed by atoms with Crippen molar-refractivity contribution in [2.24, 2.45) is 4.99 Å². The third-order valence-corrected chi connectivity index (χ3v) is 3.87. The van der Waals surface area contributed by atoms with Crippen LogP contribution in [-0.4, -0.2) is 30.6 Å². The minimum Gasteiger partial charge on any atom is -0.469 e. The Balaban J connectivity index is 2.40. The van der Waals surface area contributed by atoms with Crippen LogP contribution in [0.4, 0.5) is 0 Å². The van der Waals surface area contributed by atoms with Crippen molar-refractivity contribution in [1.29, 1.82) is 0 Å². The number of carbonyl (C=O) groups is 2. The van der Waals surface area contributed by atoms with Gasteiger partial charge in [-0.2, -0.15) is 0 Å². The smallest absolute Gasteiger partial charge is 0.307 e. The lowest BCUT2D eigenvalue weighted by atomic mass is 10.0. The van der Waals surface area contributed by atoms with Gasteiger partial charge in [-0.1, -0.05) is 60.7 Å². The highest BCUT2D eigenvalue weighted by Crippen LogP contribution is 2.16. The zero-order valence-electron chi connectivity index (χ0n) is 14.6. The number of methoxy groups -OCH3 is 1. The van der Waals surface area contributed by atoms with Crippen LogP contribution in [0.1, 0.15) is 37.3 Å². The highest BCUT2D eigenvalue weighted by molar-refractivity contribution is 6.13. The molecule has 2 aromatic carbocycles. The molecule has 4 heteroatoms. The van der Waals surface area contributed by atoms with Crippen molar-refractivity contribution in [2.75, 3.05) is 7.11 Å². The van der Waals surface area contributed by atoms with Crippen molar-refractivity contribution in [3.8, 4) is 0 Å². The maximum absolute atomic E-state index is 11.7. The standard InChI is InChI=1S/C21H23NO3/c1-16(23)13-14-19(15-20(24)25-2)22-21(17-9-5-3-6-10-17)18-11-7-4-8-12-18/h3-12,19H,13-15H2,1-2H3. The monoisotopic (exact) mass is 337 g/mol. The molecule has 0 aliphatic carbocycles. The van der Waals surface area contributed by atoms with Crippen LogP contribution in [0, 0.1) is 0 Å². The van der Waals surface area contributed by atoms with E-state index >= 15 is 0 Å². The second-order valence-electron chi connectivity index (χ2n) is 5.88. The number of esters is 1. The van der Waals surface area contributed by atoms with Gasteiger partial charge in [-0.15, -0.1) is 0 Å². The zero-order chi connectivity index (χ0) is 18.1. The van der Waals surface area contributed by atoms with E-state index in [-0.39, 0.29) is 24.2 Å². The van der Waals surface area contributed by atoms with Crippen LogP contribution in [0.25, 0.3) is 0 Å². The Bertz CT molecular complexity index is 682. The van der Waals surface area contributed by atoms with Crippen molar-refractivity contribution in [3.63, 3.8) is 0 Å². The van der Waals surface area contributed by atoms with Gasteiger partial charge >= 0.3 is 5.97 Å². The largest absolute Gasteiger partial charge is 0.469 e. The average molecular weight is 337 g/mol. The second-order valence-corrected chi connectivity index (χ2v) is 5.88. The summed E-state index contributed by atoms with van der Waals surface area (Å²) in [6.45, 7) is 1.55. The molecular formula is C21H23NO3. The van der Waals surface area contributed by atoms with Crippen LogP contribution in [0.2, 0.25) is 0 Å². The number of Topliss-reactive ketones (excluding diaryl/α,β-unsaturated/α-hetero) is 1. The van der Waals surface area contributed by atoms with Gasteiger partial charge in [-0.3, -0.25) is 9.79 Å². The highest BCUT2D eigenvalue weighted by Gasteiger charge is 2.17. The Labute approximate surface area is 148 Å². The van der Waals surface area contributed by atoms with Gasteiger partial charge < -0.3 is 9.53 Å². The molecule has 130 valence electrons. The normalized spacial score (nSPS) is 11.4. The van der Waals surface area contributed by atoms with Crippen LogP contribution in [0.5, 0.6) is 0 Å². The molecule has 1 atom stereocenters. The molecule has 0 N–H and O–H groups in total. The molecule has 0 fully saturated rings. The van der Waals surface area contributed by atoms with E-state index in [0.717, 1.165) is 16.8 Å². The first-order valence-electron chi connectivity index (χ1n) is 8.35. The fourth-order valence-electron chi connectivity index (χ4n) is 2.55. The molecule has 4 nitrogen and oxygen atoms in total. The third kappa shape index (κ3) is 5.99. The van der Waals surface area contributed by atoms with Crippen LogP contribution < -0.4 is 0 Å². The third-order valence-electron chi connectivity index (χ3n) is 3.87. The fourth-order valence-corrected chi connectivity index (χ4v) is 2.55. The van der Waals surface area contributed by atoms with Gasteiger partial charge in [0.25, 0.3) is 0 Å². The Morgan fingerprint density at radius 3 is 1.92 bits per heavy atom. The van der Waals surface area contributed by atoms with Crippen LogP contribution in [0.3, 0.4) is 0 Å². The number of rotatable bonds is 8. The van der Waals surface area contributed by atoms with E-state index in [4.69, 9.17) is 9.73 Å². The predicted octanol–water partition coefficient (Wildman–Crippen LogP) is 3.82. The molecule has 0 saturated carbocycles. The van der Waals surface area contributed by atoms with E-state index in [1.54, 1.807) is 6.92 Å². The molecule has 0 amide bonds. The summed E-state index contributed by atoms with van der Waals surface area (Å²) in [6, 6.07) is 19.4. The van der Waals surface area contributed by atoms with Gasteiger partial charge in [0.05, 0.1) is 25.3 Å². The van der Waals surface area contributed by atoms with E-state index in [9.17, 15) is 9.59 Å². The van der Waals surface area contributed by atoms with Gasteiger partial charge in [0.1, 0.15) is 5.78 Å². The van der Waals surface area contributed by atoms with Gasteiger partial charge in [-0.25, -0.2) is 0 Å². The lowest BCUT2D eigenvalue weighted by Crippen LogP contribution is -2.17. The van der Waals surface area contributed by atoms with Crippen molar-refractivity contribution >= 4 is 17.5 Å². The van der Waals surface area contributed by atoms with E-state index < -0.39 is 0 Å². The molecule has 0 spiro atoms. The molecule has 2 rings (SSSR count). The van der Waals surface area contributed by atoms with Gasteiger partial charge in [0.15, 0.2) is 0 Å². The predicted molar refractivity (Wildman–Crippen MR) is 98.9 cm³/mol. The maximum Gasteiger partial charge on any atom is 0.307 e. The summed E-state index contributed by atoms with van der Waals surface area (Å²) in [5, 5.41) is 0. The molecule has 0 radical (unpaired) electrons. The number of aliphatic imine (C=N–C) groups is 1. The maximum atomic E-state index is 11.7. The van der Waals surface area contributed by atoms with Crippen LogP contribution >= 0.6 is 0 Å². The lowest BCUT2D eigenvalue weighted by molar-refractivity contribution is -0.141. The average Bonchev–Trinajstić information content (AvgIpc) is 2.65. The Morgan fingerprint density at radius 1 is 0.960 bits per heavy atom.